The zero-order valence-corrected chi connectivity index (χ0v) is 15.3. The Morgan fingerprint density at radius 3 is 2.58 bits per heavy atom. The quantitative estimate of drug-likeness (QED) is 0.768. The number of hydrogen-bond acceptors (Lipinski definition) is 6. The Kier molecular flexibility index (Phi) is 7.62. The van der Waals surface area contributed by atoms with E-state index in [0.29, 0.717) is 19.4 Å². The molecule has 24 heavy (non-hydrogen) atoms. The summed E-state index contributed by atoms with van der Waals surface area (Å²) in [7, 11) is -1.02. The van der Waals surface area contributed by atoms with E-state index in [0.717, 1.165) is 0 Å². The maximum absolute atomic E-state index is 13.0. The minimum atomic E-state index is -3.84. The highest BCUT2D eigenvalue weighted by Gasteiger charge is 2.38. The summed E-state index contributed by atoms with van der Waals surface area (Å²) in [5, 5.41) is 0. The molecule has 1 aliphatic rings. The molecule has 1 aromatic carbocycles. The number of nitrogens with zero attached hydrogens (tertiary/aromatic N) is 1. The van der Waals surface area contributed by atoms with Crippen molar-refractivity contribution in [1.29, 1.82) is 0 Å². The lowest BCUT2D eigenvalue weighted by Crippen LogP contribution is -2.51. The van der Waals surface area contributed by atoms with Crippen molar-refractivity contribution in [3.05, 3.63) is 29.8 Å². The predicted molar refractivity (Wildman–Crippen MR) is 91.8 cm³/mol. The summed E-state index contributed by atoms with van der Waals surface area (Å²) in [5.74, 6) is -0.680. The first-order valence-electron chi connectivity index (χ1n) is 7.37. The van der Waals surface area contributed by atoms with Crippen LogP contribution in [-0.2, 0) is 19.5 Å². The second kappa shape index (κ2) is 8.77. The van der Waals surface area contributed by atoms with Crippen LogP contribution in [0.4, 0.5) is 0 Å². The van der Waals surface area contributed by atoms with E-state index in [9.17, 15) is 13.2 Å². The van der Waals surface area contributed by atoms with E-state index >= 15 is 0 Å². The van der Waals surface area contributed by atoms with Gasteiger partial charge >= 0.3 is 5.97 Å². The van der Waals surface area contributed by atoms with Crippen molar-refractivity contribution in [3.8, 4) is 0 Å². The molecule has 2 rings (SSSR count). The summed E-state index contributed by atoms with van der Waals surface area (Å²) >= 11 is 0. The first-order valence-corrected chi connectivity index (χ1v) is 8.81. The normalized spacial score (nSPS) is 21.8. The lowest BCUT2D eigenvalue weighted by Gasteiger charge is -2.37. The summed E-state index contributed by atoms with van der Waals surface area (Å²) in [4.78, 5) is 11.8. The van der Waals surface area contributed by atoms with Gasteiger partial charge in [-0.2, -0.15) is 4.31 Å². The summed E-state index contributed by atoms with van der Waals surface area (Å²) in [6.07, 6.45) is 1.12. The Bertz CT molecular complexity index is 668. The Hall–Kier alpha value is -1.19. The summed E-state index contributed by atoms with van der Waals surface area (Å²) in [5.41, 5.74) is 5.78. The number of benzene rings is 1. The molecule has 0 bridgehead atoms. The second-order valence-electron chi connectivity index (χ2n) is 5.38. The number of carbonyl (C=O) groups excluding carboxylic acids is 1. The van der Waals surface area contributed by atoms with Gasteiger partial charge in [-0.05, 0) is 25.0 Å². The fraction of sp³-hybridized carbons (Fsp3) is 0.533. The molecule has 0 aromatic heterocycles. The minimum absolute atomic E-state index is 0. The molecule has 2 atom stereocenters. The Labute approximate surface area is 148 Å². The van der Waals surface area contributed by atoms with Crippen molar-refractivity contribution >= 4 is 28.4 Å². The Balaban J connectivity index is 0.00000288. The predicted octanol–water partition coefficient (Wildman–Crippen LogP) is 1.02. The van der Waals surface area contributed by atoms with Crippen LogP contribution >= 0.6 is 12.4 Å². The summed E-state index contributed by atoms with van der Waals surface area (Å²) in [6.45, 7) is 0.498. The summed E-state index contributed by atoms with van der Waals surface area (Å²) < 4.78 is 37.4. The van der Waals surface area contributed by atoms with E-state index in [1.54, 1.807) is 19.2 Å². The van der Waals surface area contributed by atoms with Gasteiger partial charge in [0.1, 0.15) is 0 Å². The average Bonchev–Trinajstić information content (AvgIpc) is 2.60. The molecular weight excluding hydrogens is 356 g/mol. The number of halogens is 1. The van der Waals surface area contributed by atoms with Crippen LogP contribution in [0.1, 0.15) is 23.2 Å². The van der Waals surface area contributed by atoms with Crippen molar-refractivity contribution < 1.29 is 22.7 Å². The van der Waals surface area contributed by atoms with Crippen LogP contribution in [0, 0.1) is 0 Å². The van der Waals surface area contributed by atoms with E-state index in [1.165, 1.54) is 23.5 Å². The number of carbonyl (C=O) groups is 1. The molecule has 9 heteroatoms. The molecule has 1 heterocycles. The number of piperidine rings is 1. The molecule has 2 N–H and O–H groups in total. The van der Waals surface area contributed by atoms with Gasteiger partial charge in [0.2, 0.25) is 10.0 Å². The van der Waals surface area contributed by atoms with Crippen LogP contribution in [0.3, 0.4) is 0 Å². The maximum atomic E-state index is 13.0. The fourth-order valence-corrected chi connectivity index (χ4v) is 4.68. The van der Waals surface area contributed by atoms with Gasteiger partial charge in [-0.3, -0.25) is 0 Å². The minimum Gasteiger partial charge on any atom is -0.465 e. The maximum Gasteiger partial charge on any atom is 0.339 e. The molecule has 1 aromatic rings. The fourth-order valence-electron chi connectivity index (χ4n) is 2.83. The molecule has 1 aliphatic heterocycles. The van der Waals surface area contributed by atoms with Crippen LogP contribution in [0.2, 0.25) is 0 Å². The molecule has 0 amide bonds. The van der Waals surface area contributed by atoms with Crippen LogP contribution in [0.15, 0.2) is 29.2 Å². The van der Waals surface area contributed by atoms with Crippen LogP contribution in [0.5, 0.6) is 0 Å². The van der Waals surface area contributed by atoms with Gasteiger partial charge < -0.3 is 15.2 Å². The molecule has 136 valence electrons. The van der Waals surface area contributed by atoms with Crippen molar-refractivity contribution in [1.82, 2.24) is 4.31 Å². The van der Waals surface area contributed by atoms with E-state index in [1.807, 2.05) is 0 Å². The van der Waals surface area contributed by atoms with Gasteiger partial charge in [0.15, 0.2) is 0 Å². The van der Waals surface area contributed by atoms with Gasteiger partial charge in [-0.15, -0.1) is 12.4 Å². The SMILES string of the molecule is COC(=O)c1ccccc1S(=O)(=O)N1CCC(OC)CC1CN.Cl. The van der Waals surface area contributed by atoms with Crippen LogP contribution in [-0.4, -0.2) is 58.1 Å². The van der Waals surface area contributed by atoms with Gasteiger partial charge in [-0.25, -0.2) is 13.2 Å². The second-order valence-corrected chi connectivity index (χ2v) is 7.23. The number of hydrogen-bond donors (Lipinski definition) is 1. The van der Waals surface area contributed by atoms with Gasteiger partial charge in [0.25, 0.3) is 0 Å². The van der Waals surface area contributed by atoms with Gasteiger partial charge in [-0.1, -0.05) is 12.1 Å². The number of ether oxygens (including phenoxy) is 2. The van der Waals surface area contributed by atoms with Gasteiger partial charge in [0, 0.05) is 26.2 Å². The molecule has 0 saturated carbocycles. The van der Waals surface area contributed by atoms with Crippen LogP contribution in [0.25, 0.3) is 0 Å². The largest absolute Gasteiger partial charge is 0.465 e. The zero-order chi connectivity index (χ0) is 17.0. The molecule has 0 aliphatic carbocycles. The van der Waals surface area contributed by atoms with E-state index in [-0.39, 0.29) is 41.6 Å². The standard InChI is InChI=1S/C15H22N2O5S.ClH/c1-21-12-7-8-17(11(9-12)10-16)23(19,20)14-6-4-3-5-13(14)15(18)22-2;/h3-6,11-12H,7-10,16H2,1-2H3;1H. The van der Waals surface area contributed by atoms with Crippen LogP contribution < -0.4 is 5.73 Å². The van der Waals surface area contributed by atoms with E-state index in [2.05, 4.69) is 4.74 Å². The Morgan fingerprint density at radius 1 is 1.33 bits per heavy atom. The van der Waals surface area contributed by atoms with Gasteiger partial charge in [0.05, 0.1) is 23.7 Å². The number of rotatable bonds is 5. The first-order chi connectivity index (χ1) is 11.0. The highest BCUT2D eigenvalue weighted by molar-refractivity contribution is 7.89. The zero-order valence-electron chi connectivity index (χ0n) is 13.7. The van der Waals surface area contributed by atoms with Crippen molar-refractivity contribution in [3.63, 3.8) is 0 Å². The number of methoxy groups -OCH3 is 2. The number of nitrogens with two attached hydrogens (primary N) is 1. The highest BCUT2D eigenvalue weighted by Crippen LogP contribution is 2.28. The molecule has 2 unspecified atom stereocenters. The summed E-state index contributed by atoms with van der Waals surface area (Å²) in [6, 6.07) is 5.68. The van der Waals surface area contributed by atoms with Crippen molar-refractivity contribution in [2.45, 2.75) is 29.9 Å². The lowest BCUT2D eigenvalue weighted by atomic mass is 10.0. The van der Waals surface area contributed by atoms with E-state index < -0.39 is 16.0 Å². The molecule has 0 radical (unpaired) electrons. The molecular formula is C15H23ClN2O5S. The van der Waals surface area contributed by atoms with E-state index in [4.69, 9.17) is 10.5 Å². The number of sulfonamides is 1. The molecule has 1 fully saturated rings. The van der Waals surface area contributed by atoms with Crippen molar-refractivity contribution in [2.75, 3.05) is 27.3 Å². The highest BCUT2D eigenvalue weighted by atomic mass is 35.5. The lowest BCUT2D eigenvalue weighted by molar-refractivity contribution is 0.0400. The Morgan fingerprint density at radius 2 is 2.00 bits per heavy atom. The van der Waals surface area contributed by atoms with Crippen molar-refractivity contribution in [2.24, 2.45) is 5.73 Å². The first kappa shape index (κ1) is 20.9. The number of esters is 1. The smallest absolute Gasteiger partial charge is 0.339 e. The third-order valence-corrected chi connectivity index (χ3v) is 6.11. The average molecular weight is 379 g/mol. The topological polar surface area (TPSA) is 98.9 Å². The molecule has 1 saturated heterocycles. The third-order valence-electron chi connectivity index (χ3n) is 4.10. The third kappa shape index (κ3) is 4.07. The monoisotopic (exact) mass is 378 g/mol. The molecule has 7 nitrogen and oxygen atoms in total. The molecule has 0 spiro atoms.